The zero-order valence-corrected chi connectivity index (χ0v) is 18.3. The van der Waals surface area contributed by atoms with E-state index in [0.29, 0.717) is 16.4 Å². The summed E-state index contributed by atoms with van der Waals surface area (Å²) in [7, 11) is -4.11. The summed E-state index contributed by atoms with van der Waals surface area (Å²) in [5.74, 6) is -3.28. The Morgan fingerprint density at radius 1 is 1.10 bits per heavy atom. The molecule has 1 fully saturated rings. The van der Waals surface area contributed by atoms with Gasteiger partial charge in [0.15, 0.2) is 11.6 Å². The van der Waals surface area contributed by atoms with E-state index in [9.17, 15) is 21.6 Å². The summed E-state index contributed by atoms with van der Waals surface area (Å²) < 4.78 is 71.8. The number of azide groups is 1. The molecule has 0 amide bonds. The predicted octanol–water partition coefficient (Wildman–Crippen LogP) is 4.88. The molecule has 1 saturated heterocycles. The summed E-state index contributed by atoms with van der Waals surface area (Å²) in [6.07, 6.45) is 0.670. The highest BCUT2D eigenvalue weighted by Gasteiger charge is 2.29. The molecule has 2 aromatic carbocycles. The highest BCUT2D eigenvalue weighted by molar-refractivity contribution is 14.1. The summed E-state index contributed by atoms with van der Waals surface area (Å²) >= 11 is 1.90. The first kappa shape index (κ1) is 22.5. The van der Waals surface area contributed by atoms with Gasteiger partial charge < -0.3 is 5.32 Å². The van der Waals surface area contributed by atoms with Crippen LogP contribution >= 0.6 is 22.6 Å². The third-order valence-corrected chi connectivity index (χ3v) is 6.70. The maximum absolute atomic E-state index is 14.5. The molecular weight excluding hydrogens is 536 g/mol. The summed E-state index contributed by atoms with van der Waals surface area (Å²) in [6, 6.07) is 5.61. The van der Waals surface area contributed by atoms with Crippen LogP contribution in [0.25, 0.3) is 10.4 Å². The summed E-state index contributed by atoms with van der Waals surface area (Å²) in [6.45, 7) is 0.189. The van der Waals surface area contributed by atoms with Gasteiger partial charge in [-0.3, -0.25) is 4.72 Å². The van der Waals surface area contributed by atoms with E-state index in [4.69, 9.17) is 5.53 Å². The molecule has 8 nitrogen and oxygen atoms in total. The molecule has 1 aliphatic rings. The molecular formula is C17H16F3IN6O2S. The smallest absolute Gasteiger partial charge is 0.301 e. The molecule has 0 bridgehead atoms. The van der Waals surface area contributed by atoms with Gasteiger partial charge in [0.05, 0.1) is 11.4 Å². The van der Waals surface area contributed by atoms with Crippen LogP contribution < -0.4 is 10.0 Å². The second-order valence-corrected chi connectivity index (χ2v) is 9.39. The van der Waals surface area contributed by atoms with Gasteiger partial charge >= 0.3 is 10.2 Å². The number of anilines is 3. The third-order valence-electron chi connectivity index (χ3n) is 4.50. The summed E-state index contributed by atoms with van der Waals surface area (Å²) in [5.41, 5.74) is 7.53. The Hall–Kier alpha value is -2.22. The molecule has 0 atom stereocenters. The number of rotatable bonds is 6. The number of hydrogen-bond donors (Lipinski definition) is 2. The number of benzene rings is 2. The molecule has 160 valence electrons. The van der Waals surface area contributed by atoms with Crippen molar-refractivity contribution in [3.05, 3.63) is 61.8 Å². The van der Waals surface area contributed by atoms with Crippen molar-refractivity contribution in [2.45, 2.75) is 18.9 Å². The number of nitrogens with one attached hydrogen (secondary N) is 2. The summed E-state index contributed by atoms with van der Waals surface area (Å²) in [4.78, 5) is 2.72. The van der Waals surface area contributed by atoms with Crippen LogP contribution in [0, 0.1) is 21.0 Å². The van der Waals surface area contributed by atoms with Crippen molar-refractivity contribution in [3.8, 4) is 0 Å². The van der Waals surface area contributed by atoms with E-state index < -0.39 is 33.3 Å². The summed E-state index contributed by atoms with van der Waals surface area (Å²) in [5, 5.41) is 6.01. The van der Waals surface area contributed by atoms with Crippen molar-refractivity contribution in [3.63, 3.8) is 0 Å². The standard InChI is InChI=1S/C17H16F3IN6O2S/c18-12-2-4-15(17(16(12)20)23-14-3-1-10(21)9-13(14)19)25-30(28,29)27-7-5-11(6-8-27)24-26-22/h1-4,9,11,23,25H,5-8H2. The molecule has 1 heterocycles. The molecule has 0 radical (unpaired) electrons. The predicted molar refractivity (Wildman–Crippen MR) is 115 cm³/mol. The maximum atomic E-state index is 14.5. The molecule has 0 saturated carbocycles. The molecule has 13 heteroatoms. The van der Waals surface area contributed by atoms with Gasteiger partial charge in [-0.1, -0.05) is 5.11 Å². The molecule has 0 aliphatic carbocycles. The van der Waals surface area contributed by atoms with E-state index in [1.54, 1.807) is 6.07 Å². The number of halogens is 4. The van der Waals surface area contributed by atoms with E-state index in [1.165, 1.54) is 12.1 Å². The molecule has 3 rings (SSSR count). The van der Waals surface area contributed by atoms with Crippen molar-refractivity contribution < 1.29 is 21.6 Å². The lowest BCUT2D eigenvalue weighted by atomic mass is 10.1. The fraction of sp³-hybridized carbons (Fsp3) is 0.294. The van der Waals surface area contributed by atoms with Gasteiger partial charge in [-0.2, -0.15) is 12.7 Å². The molecule has 0 aromatic heterocycles. The van der Waals surface area contributed by atoms with Crippen molar-refractivity contribution in [1.29, 1.82) is 0 Å². The normalized spacial score (nSPS) is 15.5. The van der Waals surface area contributed by atoms with Crippen LogP contribution in [-0.2, 0) is 10.2 Å². The van der Waals surface area contributed by atoms with Gasteiger partial charge in [-0.15, -0.1) is 0 Å². The second kappa shape index (κ2) is 9.29. The Morgan fingerprint density at radius 3 is 2.40 bits per heavy atom. The van der Waals surface area contributed by atoms with E-state index in [2.05, 4.69) is 20.1 Å². The highest BCUT2D eigenvalue weighted by atomic mass is 127. The molecule has 2 aromatic rings. The van der Waals surface area contributed by atoms with Gasteiger partial charge in [0.1, 0.15) is 11.5 Å². The van der Waals surface area contributed by atoms with Gasteiger partial charge in [-0.25, -0.2) is 13.2 Å². The lowest BCUT2D eigenvalue weighted by Gasteiger charge is -2.29. The zero-order chi connectivity index (χ0) is 21.9. The number of piperidine rings is 1. The quantitative estimate of drug-likeness (QED) is 0.231. The third kappa shape index (κ3) is 5.09. The molecule has 1 aliphatic heterocycles. The van der Waals surface area contributed by atoms with Crippen molar-refractivity contribution in [2.75, 3.05) is 23.1 Å². The van der Waals surface area contributed by atoms with E-state index in [-0.39, 0.29) is 30.5 Å². The van der Waals surface area contributed by atoms with Crippen LogP contribution in [0.1, 0.15) is 12.8 Å². The molecule has 2 N–H and O–H groups in total. The number of nitrogens with zero attached hydrogens (tertiary/aromatic N) is 4. The van der Waals surface area contributed by atoms with Crippen molar-refractivity contribution in [2.24, 2.45) is 5.11 Å². The van der Waals surface area contributed by atoms with Crippen LogP contribution in [0.3, 0.4) is 0 Å². The Kier molecular flexibility index (Phi) is 6.95. The van der Waals surface area contributed by atoms with Crippen LogP contribution in [0.2, 0.25) is 0 Å². The zero-order valence-electron chi connectivity index (χ0n) is 15.3. The van der Waals surface area contributed by atoms with Gasteiger partial charge in [-0.05, 0) is 71.3 Å². The Balaban J connectivity index is 1.87. The first-order chi connectivity index (χ1) is 14.2. The molecule has 0 spiro atoms. The van der Waals surface area contributed by atoms with Crippen LogP contribution in [-0.4, -0.2) is 31.9 Å². The van der Waals surface area contributed by atoms with Crippen molar-refractivity contribution >= 4 is 49.9 Å². The van der Waals surface area contributed by atoms with E-state index >= 15 is 0 Å². The van der Waals surface area contributed by atoms with Crippen molar-refractivity contribution in [1.82, 2.24) is 4.31 Å². The average molecular weight is 552 g/mol. The highest BCUT2D eigenvalue weighted by Crippen LogP contribution is 2.33. The van der Waals surface area contributed by atoms with E-state index in [0.717, 1.165) is 16.4 Å². The Labute approximate surface area is 184 Å². The first-order valence-electron chi connectivity index (χ1n) is 8.73. The largest absolute Gasteiger partial charge is 0.349 e. The molecule has 30 heavy (non-hydrogen) atoms. The monoisotopic (exact) mass is 552 g/mol. The second-order valence-electron chi connectivity index (χ2n) is 6.48. The van der Waals surface area contributed by atoms with Crippen LogP contribution in [0.4, 0.5) is 30.2 Å². The lowest BCUT2D eigenvalue weighted by molar-refractivity contribution is 0.321. The number of hydrogen-bond acceptors (Lipinski definition) is 4. The fourth-order valence-corrected chi connectivity index (χ4v) is 4.68. The topological polar surface area (TPSA) is 110 Å². The Bertz CT molecular complexity index is 1100. The fourth-order valence-electron chi connectivity index (χ4n) is 2.96. The van der Waals surface area contributed by atoms with E-state index in [1.807, 2.05) is 22.6 Å². The first-order valence-corrected chi connectivity index (χ1v) is 11.3. The minimum absolute atomic E-state index is 0.0945. The van der Waals surface area contributed by atoms with Gasteiger partial charge in [0, 0.05) is 27.6 Å². The minimum Gasteiger partial charge on any atom is -0.349 e. The SMILES string of the molecule is [N-]=[N+]=NC1CCN(S(=O)(=O)Nc2ccc(F)c(F)c2Nc2ccc(I)cc2F)CC1. The average Bonchev–Trinajstić information content (AvgIpc) is 2.70. The minimum atomic E-state index is -4.11. The lowest BCUT2D eigenvalue weighted by Crippen LogP contribution is -2.42. The van der Waals surface area contributed by atoms with Gasteiger partial charge in [0.2, 0.25) is 0 Å². The maximum Gasteiger partial charge on any atom is 0.301 e. The van der Waals surface area contributed by atoms with Crippen LogP contribution in [0.5, 0.6) is 0 Å². The van der Waals surface area contributed by atoms with Crippen LogP contribution in [0.15, 0.2) is 35.4 Å². The Morgan fingerprint density at radius 2 is 1.77 bits per heavy atom. The van der Waals surface area contributed by atoms with Gasteiger partial charge in [0.25, 0.3) is 0 Å². The molecule has 0 unspecified atom stereocenters.